The lowest BCUT2D eigenvalue weighted by molar-refractivity contribution is -0.402. The number of nitriles is 3. The van der Waals surface area contributed by atoms with Crippen LogP contribution < -0.4 is 0 Å². The summed E-state index contributed by atoms with van der Waals surface area (Å²) in [7, 11) is 0. The largest absolute Gasteiger partial charge is 0.422 e. The van der Waals surface area contributed by atoms with Gasteiger partial charge in [-0.3, -0.25) is 30.3 Å². The summed E-state index contributed by atoms with van der Waals surface area (Å²) in [6.07, 6.45) is -11.4. The number of nitro groups is 3. The zero-order valence-corrected chi connectivity index (χ0v) is 54.0. The fourth-order valence-corrected chi connectivity index (χ4v) is 8.75. The SMILES string of the molecule is Cc1c(F)c(Br)c(F)c(Br)c1F.Cc1c(F)c(C#N)c(F)c(C#N)c1F.Cc1c(F)c(C(F)(F)F)c(F)c(C(F)(F)F)c1F.Cc1c(F)c(C)c(C#N)c(F)c1F.Cc1c(F)c(C)c([N+](=O)[O-])c(F)c1F.Cc1c(F)c(Cl)c(F)c(Cl)c1F.Cc1c(F)c([N+](=O)[O-])c(F)c([N+](=O)[O-])c1F. The van der Waals surface area contributed by atoms with E-state index in [1.54, 1.807) is 0 Å². The number of halogens is 31. The van der Waals surface area contributed by atoms with Crippen LogP contribution in [0.5, 0.6) is 0 Å². The van der Waals surface area contributed by atoms with Crippen LogP contribution in [0.25, 0.3) is 0 Å². The number of benzene rings is 7. The number of nitro benzene ring substituents is 3. The smallest absolute Gasteiger partial charge is 0.258 e. The molecule has 99 heavy (non-hydrogen) atoms. The first-order valence-corrected chi connectivity index (χ1v) is 26.9. The van der Waals surface area contributed by atoms with Crippen molar-refractivity contribution in [2.45, 2.75) is 74.7 Å². The van der Waals surface area contributed by atoms with Crippen LogP contribution in [0, 0.1) is 249 Å². The highest BCUT2D eigenvalue weighted by Gasteiger charge is 2.48. The second-order valence-corrected chi connectivity index (χ2v) is 20.8. The summed E-state index contributed by atoms with van der Waals surface area (Å²) in [6, 6.07) is 3.89. The standard InChI is InChI=1S/C9H3F9.C9H3F3N2.C9H6F3N.C8H6F3NO2.C7H3Br2F3.C7H3Cl2F3.C7H3F3N2O4/c1-2-5(10)3(8(13,14)15)7(12)4(6(2)11)9(16,17)18;1-4-7(10)5(2-13)9(12)6(3-14)8(4)11;1-4-6(3-13)9(12)8(11)5(2)7(4)10;1-3-5(9)4(2)8(12(13)14)7(11)6(3)10;2*1-2-5(10)3(8)7(12)4(9)6(2)11;1-2-3(8)6(11(13)14)5(10)7(4(2)9)12(15)16/h1H3;1H3;1-2H3;1-2H3;2*1H3;1H3. The van der Waals surface area contributed by atoms with Gasteiger partial charge in [-0.25, -0.2) is 74.6 Å². The molecule has 7 aromatic carbocycles. The van der Waals surface area contributed by atoms with Crippen molar-refractivity contribution in [3.63, 3.8) is 0 Å². The van der Waals surface area contributed by atoms with E-state index in [0.717, 1.165) is 41.5 Å². The molecule has 0 radical (unpaired) electrons. The Hall–Kier alpha value is -9.14. The first-order chi connectivity index (χ1) is 45.0. The van der Waals surface area contributed by atoms with Crippen molar-refractivity contribution in [3.05, 3.63) is 249 Å². The van der Waals surface area contributed by atoms with Gasteiger partial charge in [0.2, 0.25) is 17.5 Å². The Morgan fingerprint density at radius 3 is 0.879 bits per heavy atom. The van der Waals surface area contributed by atoms with Gasteiger partial charge in [0, 0.05) is 44.5 Å². The van der Waals surface area contributed by atoms with Crippen molar-refractivity contribution < 1.29 is 133 Å². The minimum absolute atomic E-state index is 0.154. The Bertz CT molecular complexity index is 4120. The lowest BCUT2D eigenvalue weighted by Crippen LogP contribution is -2.21. The maximum atomic E-state index is 13.1. The van der Waals surface area contributed by atoms with E-state index >= 15 is 0 Å². The Balaban J connectivity index is 0.000000580. The summed E-state index contributed by atoms with van der Waals surface area (Å²) in [5, 5.41) is 54.4. The maximum absolute atomic E-state index is 13.1. The van der Waals surface area contributed by atoms with Crippen molar-refractivity contribution in [1.29, 1.82) is 15.8 Å². The van der Waals surface area contributed by atoms with E-state index < -0.39 is 238 Å². The lowest BCUT2D eigenvalue weighted by atomic mass is 10.0. The molecule has 7 aromatic rings. The first-order valence-electron chi connectivity index (χ1n) is 24.5. The molecule has 0 atom stereocenters. The summed E-state index contributed by atoms with van der Waals surface area (Å²) < 4.78 is 345. The van der Waals surface area contributed by atoms with Crippen molar-refractivity contribution in [3.8, 4) is 18.2 Å². The fraction of sp³-hybridized carbons (Fsp3) is 0.196. The van der Waals surface area contributed by atoms with Gasteiger partial charge in [-0.15, -0.1) is 0 Å². The van der Waals surface area contributed by atoms with Crippen LogP contribution in [0.3, 0.4) is 0 Å². The highest BCUT2D eigenvalue weighted by molar-refractivity contribution is 9.11. The number of nitrogens with zero attached hydrogens (tertiary/aromatic N) is 6. The molecule has 12 nitrogen and oxygen atoms in total. The topological polar surface area (TPSA) is 201 Å². The predicted molar refractivity (Wildman–Crippen MR) is 296 cm³/mol. The van der Waals surface area contributed by atoms with E-state index in [0.29, 0.717) is 6.92 Å². The molecule has 0 N–H and O–H groups in total. The molecule has 0 heterocycles. The van der Waals surface area contributed by atoms with E-state index in [2.05, 4.69) is 31.9 Å². The lowest BCUT2D eigenvalue weighted by Gasteiger charge is -2.17. The van der Waals surface area contributed by atoms with E-state index in [1.165, 1.54) is 32.1 Å². The summed E-state index contributed by atoms with van der Waals surface area (Å²) in [5.74, 6) is -31.4. The molecule has 43 heteroatoms. The van der Waals surface area contributed by atoms with E-state index in [9.17, 15) is 149 Å². The van der Waals surface area contributed by atoms with Crippen molar-refractivity contribution in [1.82, 2.24) is 0 Å². The monoisotopic (exact) mass is 1620 g/mol. The molecule has 0 aromatic heterocycles. The van der Waals surface area contributed by atoms with Gasteiger partial charge >= 0.3 is 29.4 Å². The van der Waals surface area contributed by atoms with Crippen LogP contribution in [0.4, 0.5) is 136 Å². The summed E-state index contributed by atoms with van der Waals surface area (Å²) in [6.45, 7) is 8.91. The van der Waals surface area contributed by atoms with Gasteiger partial charge in [-0.2, -0.15) is 59.7 Å². The van der Waals surface area contributed by atoms with Crippen LogP contribution in [0.1, 0.15) is 77.9 Å². The molecule has 0 saturated heterocycles. The molecule has 7 rings (SSSR count). The number of hydrogen-bond donors (Lipinski definition) is 0. The molecular formula is C56H27Br2Cl2F27N6O6. The molecule has 0 aliphatic carbocycles. The minimum Gasteiger partial charge on any atom is -0.258 e. The first kappa shape index (κ1) is 87.9. The van der Waals surface area contributed by atoms with Crippen LogP contribution >= 0.6 is 55.1 Å². The Kier molecular flexibility index (Phi) is 30.7. The van der Waals surface area contributed by atoms with Crippen LogP contribution in [-0.4, -0.2) is 14.8 Å². The number of alkyl halides is 6. The molecule has 0 amide bonds. The highest BCUT2D eigenvalue weighted by Crippen LogP contribution is 2.43. The Morgan fingerprint density at radius 1 is 0.293 bits per heavy atom. The molecule has 0 spiro atoms. The van der Waals surface area contributed by atoms with Gasteiger partial charge < -0.3 is 0 Å². The third kappa shape index (κ3) is 18.8. The van der Waals surface area contributed by atoms with Crippen molar-refractivity contribution in [2.75, 3.05) is 0 Å². The summed E-state index contributed by atoms with van der Waals surface area (Å²) in [4.78, 5) is 26.7. The number of hydrogen-bond acceptors (Lipinski definition) is 9. The maximum Gasteiger partial charge on any atom is 0.422 e. The zero-order valence-electron chi connectivity index (χ0n) is 49.3. The third-order valence-corrected chi connectivity index (χ3v) is 14.4. The van der Waals surface area contributed by atoms with Gasteiger partial charge in [-0.05, 0) is 94.2 Å². The fourth-order valence-electron chi connectivity index (χ4n) is 6.97. The molecule has 0 bridgehead atoms. The van der Waals surface area contributed by atoms with Gasteiger partial charge in [0.05, 0.1) is 34.8 Å². The Morgan fingerprint density at radius 2 is 0.566 bits per heavy atom. The average molecular weight is 1620 g/mol. The quantitative estimate of drug-likeness (QED) is 0.0542. The van der Waals surface area contributed by atoms with Gasteiger partial charge in [0.25, 0.3) is 5.82 Å². The predicted octanol–water partition coefficient (Wildman–Crippen LogP) is 21.7. The van der Waals surface area contributed by atoms with Gasteiger partial charge in [-0.1, -0.05) is 23.2 Å². The molecule has 0 saturated carbocycles. The summed E-state index contributed by atoms with van der Waals surface area (Å²) >= 11 is 15.7. The number of rotatable bonds is 3. The van der Waals surface area contributed by atoms with Crippen molar-refractivity contribution >= 4 is 72.1 Å². The van der Waals surface area contributed by atoms with E-state index in [4.69, 9.17) is 39.0 Å². The molecule has 0 aliphatic rings. The van der Waals surface area contributed by atoms with E-state index in [-0.39, 0.29) is 25.6 Å². The molecular weight excluding hydrogens is 1600 g/mol. The summed E-state index contributed by atoms with van der Waals surface area (Å²) in [5.41, 5.74) is -17.8. The normalized spacial score (nSPS) is 10.6. The van der Waals surface area contributed by atoms with E-state index in [1.807, 2.05) is 0 Å². The highest BCUT2D eigenvalue weighted by atomic mass is 79.9. The molecule has 0 fully saturated rings. The van der Waals surface area contributed by atoms with Crippen LogP contribution in [0.15, 0.2) is 8.95 Å². The second kappa shape index (κ2) is 34.6. The molecule has 534 valence electrons. The van der Waals surface area contributed by atoms with Crippen LogP contribution in [0.2, 0.25) is 10.0 Å². The third-order valence-electron chi connectivity index (χ3n) is 12.4. The molecule has 0 aliphatic heterocycles. The van der Waals surface area contributed by atoms with Crippen molar-refractivity contribution in [2.24, 2.45) is 0 Å². The molecule has 0 unspecified atom stereocenters. The van der Waals surface area contributed by atoms with Gasteiger partial charge in [0.1, 0.15) is 97.0 Å². The van der Waals surface area contributed by atoms with Gasteiger partial charge in [0.15, 0.2) is 52.4 Å². The Labute approximate surface area is 561 Å². The minimum atomic E-state index is -5.70. The second-order valence-electron chi connectivity index (χ2n) is 18.5. The van der Waals surface area contributed by atoms with Crippen LogP contribution in [-0.2, 0) is 12.4 Å². The average Bonchev–Trinajstić information content (AvgIpc) is 0.764. The zero-order chi connectivity index (χ0) is 78.1.